The van der Waals surface area contributed by atoms with Gasteiger partial charge in [-0.2, -0.15) is 0 Å². The average Bonchev–Trinajstić information content (AvgIpc) is 1.56. The Hall–Kier alpha value is -13.3. The number of para-hydroxylation sites is 10. The van der Waals surface area contributed by atoms with Crippen LogP contribution in [-0.4, -0.2) is 57.0 Å². The Balaban J connectivity index is 0.777. The molecule has 12 heteroatoms. The summed E-state index contributed by atoms with van der Waals surface area (Å²) in [6.45, 7) is 0. The van der Waals surface area contributed by atoms with Crippen LogP contribution in [0.5, 0.6) is 0 Å². The van der Waals surface area contributed by atoms with Crippen molar-refractivity contribution in [2.75, 3.05) is 0 Å². The smallest absolute Gasteiger partial charge is 0.235 e. The first-order valence-electron chi connectivity index (χ1n) is 32.3. The van der Waals surface area contributed by atoms with Gasteiger partial charge in [-0.05, 0) is 138 Å². The van der Waals surface area contributed by atoms with Gasteiger partial charge in [0.2, 0.25) is 23.5 Å². The fourth-order valence-electron chi connectivity index (χ4n) is 15.1. The third-order valence-electron chi connectivity index (χ3n) is 19.5. The zero-order valence-electron chi connectivity index (χ0n) is 51.2. The number of benzene rings is 13. The molecule has 21 aromatic rings. The standard InChI is InChI=1S/C84H50N12/c1-3-19-51(20-4-1)52-35-37-54(38-36-52)80-62-44-40-55(47-68(62)86-82(90-80)93-69-28-12-8-23-59(69)63-49-57(41-45-70(63)93)91-74-31-15-17-33-76(74)95-72-29-13-10-26-66(72)87-83(91)95)56-39-43-60-64-50-58(92-75-32-16-18-34-77(75)96-73-30-14-11-27-67(73)88-84(92)96)42-46-71(64)94(78(60)48-56)81-85-65-25-9-7-24-61(65)79(89-81)53-21-5-2-6-22-53/h1-50H. The van der Waals surface area contributed by atoms with Gasteiger partial charge in [-0.15, -0.1) is 0 Å². The minimum Gasteiger partial charge on any atom is -0.278 e. The van der Waals surface area contributed by atoms with E-state index in [1.165, 1.54) is 0 Å². The largest absolute Gasteiger partial charge is 0.278 e. The highest BCUT2D eigenvalue weighted by atomic mass is 15.2. The molecule has 0 atom stereocenters. The second-order valence-corrected chi connectivity index (χ2v) is 24.7. The second kappa shape index (κ2) is 20.1. The number of hydrogen-bond acceptors (Lipinski definition) is 6. The molecule has 0 fully saturated rings. The summed E-state index contributed by atoms with van der Waals surface area (Å²) >= 11 is 0. The summed E-state index contributed by atoms with van der Waals surface area (Å²) < 4.78 is 13.6. The van der Waals surface area contributed by atoms with E-state index in [1.807, 2.05) is 6.07 Å². The average molecular weight is 1230 g/mol. The van der Waals surface area contributed by atoms with Gasteiger partial charge < -0.3 is 0 Å². The second-order valence-electron chi connectivity index (χ2n) is 24.7. The first-order valence-corrected chi connectivity index (χ1v) is 32.3. The molecule has 13 aromatic carbocycles. The van der Waals surface area contributed by atoms with Gasteiger partial charge in [-0.25, -0.2) is 29.9 Å². The predicted molar refractivity (Wildman–Crippen MR) is 389 cm³/mol. The fraction of sp³-hybridized carbons (Fsp3) is 0. The SMILES string of the molecule is c1ccc(-c2ccc(-c3nc(-n4c5ccccc5c5cc(-n6c7ccccc7n7c8ccccc8nc67)ccc54)nc4cc(-c5ccc6c7cc(-n8c9ccccc9n9c%10ccccc%10nc89)ccc7n(-c7nc(-c8ccccc8)c8ccccc8n7)c6c5)ccc34)cc2)cc1. The third kappa shape index (κ3) is 7.65. The molecule has 0 aliphatic heterocycles. The number of hydrogen-bond donors (Lipinski definition) is 0. The van der Waals surface area contributed by atoms with Crippen molar-refractivity contribution in [2.24, 2.45) is 0 Å². The monoisotopic (exact) mass is 1230 g/mol. The van der Waals surface area contributed by atoms with Gasteiger partial charge in [0.25, 0.3) is 0 Å². The van der Waals surface area contributed by atoms with Gasteiger partial charge >= 0.3 is 0 Å². The van der Waals surface area contributed by atoms with Crippen molar-refractivity contribution in [3.05, 3.63) is 303 Å². The lowest BCUT2D eigenvalue weighted by Crippen LogP contribution is -2.04. The number of nitrogens with zero attached hydrogens (tertiary/aromatic N) is 12. The van der Waals surface area contributed by atoms with Crippen LogP contribution in [0.15, 0.2) is 303 Å². The van der Waals surface area contributed by atoms with Gasteiger partial charge in [-0.1, -0.05) is 188 Å². The van der Waals surface area contributed by atoms with Crippen LogP contribution >= 0.6 is 0 Å². The van der Waals surface area contributed by atoms with Crippen LogP contribution in [0.3, 0.4) is 0 Å². The van der Waals surface area contributed by atoms with E-state index in [2.05, 4.69) is 324 Å². The van der Waals surface area contributed by atoms with Gasteiger partial charge in [0.05, 0.1) is 88.6 Å². The van der Waals surface area contributed by atoms with Crippen molar-refractivity contribution in [1.29, 1.82) is 0 Å². The van der Waals surface area contributed by atoms with E-state index >= 15 is 0 Å². The lowest BCUT2D eigenvalue weighted by Gasteiger charge is -2.14. The molecular formula is C84H50N12. The summed E-state index contributed by atoms with van der Waals surface area (Å²) in [5.41, 5.74) is 23.9. The summed E-state index contributed by atoms with van der Waals surface area (Å²) in [4.78, 5) is 32.7. The molecule has 21 rings (SSSR count). The minimum absolute atomic E-state index is 0.569. The molecule has 96 heavy (non-hydrogen) atoms. The topological polar surface area (TPSA) is 106 Å². The summed E-state index contributed by atoms with van der Waals surface area (Å²) in [5.74, 6) is 2.86. The fourth-order valence-corrected chi connectivity index (χ4v) is 15.1. The number of aromatic nitrogens is 12. The Kier molecular flexibility index (Phi) is 10.9. The van der Waals surface area contributed by atoms with Crippen LogP contribution in [0.4, 0.5) is 0 Å². The van der Waals surface area contributed by atoms with Crippen molar-refractivity contribution in [2.45, 2.75) is 0 Å². The van der Waals surface area contributed by atoms with Crippen LogP contribution in [-0.2, 0) is 0 Å². The van der Waals surface area contributed by atoms with Crippen LogP contribution in [0.25, 0.3) is 189 Å². The van der Waals surface area contributed by atoms with E-state index in [0.29, 0.717) is 11.9 Å². The van der Waals surface area contributed by atoms with E-state index < -0.39 is 0 Å². The van der Waals surface area contributed by atoms with Gasteiger partial charge in [0, 0.05) is 54.8 Å². The van der Waals surface area contributed by atoms with Crippen LogP contribution < -0.4 is 0 Å². The molecule has 8 heterocycles. The van der Waals surface area contributed by atoms with Crippen molar-refractivity contribution in [3.63, 3.8) is 0 Å². The first kappa shape index (κ1) is 52.3. The first-order chi connectivity index (χ1) is 47.6. The maximum atomic E-state index is 5.65. The maximum Gasteiger partial charge on any atom is 0.235 e. The van der Waals surface area contributed by atoms with E-state index in [-0.39, 0.29) is 0 Å². The molecule has 0 saturated heterocycles. The minimum atomic E-state index is 0.569. The highest BCUT2D eigenvalue weighted by Crippen LogP contribution is 2.42. The quantitative estimate of drug-likeness (QED) is 0.150. The molecule has 0 spiro atoms. The van der Waals surface area contributed by atoms with Crippen molar-refractivity contribution in [1.82, 2.24) is 57.0 Å². The van der Waals surface area contributed by atoms with E-state index in [9.17, 15) is 0 Å². The lowest BCUT2D eigenvalue weighted by atomic mass is 9.98. The zero-order chi connectivity index (χ0) is 62.7. The van der Waals surface area contributed by atoms with Crippen LogP contribution in [0.1, 0.15) is 0 Å². The molecule has 0 N–H and O–H groups in total. The third-order valence-corrected chi connectivity index (χ3v) is 19.5. The molecule has 0 radical (unpaired) electrons. The molecule has 0 amide bonds. The van der Waals surface area contributed by atoms with Gasteiger partial charge in [0.15, 0.2) is 0 Å². The molecule has 8 aromatic heterocycles. The number of imidazole rings is 4. The molecule has 0 aliphatic rings. The highest BCUT2D eigenvalue weighted by Gasteiger charge is 2.25. The normalized spacial score (nSPS) is 12.2. The maximum absolute atomic E-state index is 5.65. The van der Waals surface area contributed by atoms with Crippen molar-refractivity contribution >= 4 is 121 Å². The van der Waals surface area contributed by atoms with E-state index in [0.717, 1.165) is 177 Å². The Labute approximate surface area is 546 Å². The molecule has 0 bridgehead atoms. The predicted octanol–water partition coefficient (Wildman–Crippen LogP) is 19.9. The van der Waals surface area contributed by atoms with Gasteiger partial charge in [-0.3, -0.25) is 27.1 Å². The molecular weight excluding hydrogens is 1180 g/mol. The number of fused-ring (bicyclic) bond motifs is 18. The highest BCUT2D eigenvalue weighted by molar-refractivity contribution is 6.13. The molecule has 12 nitrogen and oxygen atoms in total. The van der Waals surface area contributed by atoms with Crippen LogP contribution in [0, 0.1) is 0 Å². The summed E-state index contributed by atoms with van der Waals surface area (Å²) in [6, 6.07) is 107. The van der Waals surface area contributed by atoms with Crippen LogP contribution in [0.2, 0.25) is 0 Å². The Morgan fingerprint density at radius 2 is 0.573 bits per heavy atom. The zero-order valence-corrected chi connectivity index (χ0v) is 51.2. The Morgan fingerprint density at radius 1 is 0.188 bits per heavy atom. The van der Waals surface area contributed by atoms with Crippen molar-refractivity contribution < 1.29 is 0 Å². The molecule has 0 aliphatic carbocycles. The summed E-state index contributed by atoms with van der Waals surface area (Å²) in [5, 5.41) is 6.20. The number of rotatable bonds is 8. The summed E-state index contributed by atoms with van der Waals surface area (Å²) in [7, 11) is 0. The Morgan fingerprint density at radius 3 is 1.17 bits per heavy atom. The lowest BCUT2D eigenvalue weighted by molar-refractivity contribution is 1.01. The Bertz CT molecular complexity index is 6820. The van der Waals surface area contributed by atoms with Gasteiger partial charge in [0.1, 0.15) is 0 Å². The molecule has 0 unspecified atom stereocenters. The summed E-state index contributed by atoms with van der Waals surface area (Å²) in [6.07, 6.45) is 0. The molecule has 446 valence electrons. The molecule has 0 saturated carbocycles. The van der Waals surface area contributed by atoms with E-state index in [1.54, 1.807) is 0 Å². The van der Waals surface area contributed by atoms with Crippen molar-refractivity contribution in [3.8, 4) is 68.0 Å². The van der Waals surface area contributed by atoms with E-state index in [4.69, 9.17) is 29.9 Å².